The quantitative estimate of drug-likeness (QED) is 0.801. The van der Waals surface area contributed by atoms with Crippen molar-refractivity contribution < 1.29 is 4.79 Å². The van der Waals surface area contributed by atoms with Gasteiger partial charge in [0.15, 0.2) is 0 Å². The summed E-state index contributed by atoms with van der Waals surface area (Å²) in [7, 11) is 0. The molecule has 3 aromatic rings. The highest BCUT2D eigenvalue weighted by Crippen LogP contribution is 2.12. The maximum Gasteiger partial charge on any atom is 0.256 e. The van der Waals surface area contributed by atoms with Gasteiger partial charge in [0.1, 0.15) is 18.5 Å². The summed E-state index contributed by atoms with van der Waals surface area (Å²) in [4.78, 5) is 20.3. The number of hydrogen-bond acceptors (Lipinski definition) is 4. The van der Waals surface area contributed by atoms with Gasteiger partial charge >= 0.3 is 0 Å². The number of rotatable bonds is 4. The molecule has 1 aromatic carbocycles. The van der Waals surface area contributed by atoms with Crippen LogP contribution in [-0.4, -0.2) is 25.7 Å². The average Bonchev–Trinajstić information content (AvgIpc) is 3.03. The molecular formula is C16H15N5O. The Balaban J connectivity index is 1.70. The zero-order valence-electron chi connectivity index (χ0n) is 12.1. The van der Waals surface area contributed by atoms with Crippen LogP contribution >= 0.6 is 0 Å². The largest absolute Gasteiger partial charge is 0.306 e. The second-order valence-corrected chi connectivity index (χ2v) is 4.91. The Bertz CT molecular complexity index is 765. The van der Waals surface area contributed by atoms with Crippen molar-refractivity contribution in [3.05, 3.63) is 71.9 Å². The van der Waals surface area contributed by atoms with Crippen LogP contribution in [0.2, 0.25) is 0 Å². The van der Waals surface area contributed by atoms with E-state index in [1.807, 2.05) is 31.2 Å². The standard InChI is InChI=1S/C16H15N5O/c1-12-3-2-8-18-15(12)20-16(22)14-6-4-13(5-7-14)9-21-11-17-10-19-21/h2-8,10-11H,9H2,1H3,(H,18,20,22). The van der Waals surface area contributed by atoms with Crippen LogP contribution in [0.25, 0.3) is 0 Å². The molecule has 0 bridgehead atoms. The lowest BCUT2D eigenvalue weighted by atomic mass is 10.1. The van der Waals surface area contributed by atoms with Crippen LogP contribution in [0.1, 0.15) is 21.5 Å². The second kappa shape index (κ2) is 6.17. The number of hydrogen-bond donors (Lipinski definition) is 1. The van der Waals surface area contributed by atoms with Gasteiger partial charge in [0.25, 0.3) is 5.91 Å². The number of nitrogens with one attached hydrogen (secondary N) is 1. The molecule has 1 N–H and O–H groups in total. The fraction of sp³-hybridized carbons (Fsp3) is 0.125. The van der Waals surface area contributed by atoms with Crippen LogP contribution in [0, 0.1) is 6.92 Å². The third kappa shape index (κ3) is 3.17. The molecular weight excluding hydrogens is 278 g/mol. The molecule has 6 nitrogen and oxygen atoms in total. The molecule has 0 saturated carbocycles. The van der Waals surface area contributed by atoms with E-state index in [-0.39, 0.29) is 5.91 Å². The molecule has 2 aromatic heterocycles. The Morgan fingerprint density at radius 3 is 2.73 bits per heavy atom. The summed E-state index contributed by atoms with van der Waals surface area (Å²) in [5.74, 6) is 0.410. The number of benzene rings is 1. The van der Waals surface area contributed by atoms with Crippen LogP contribution in [0.4, 0.5) is 5.82 Å². The van der Waals surface area contributed by atoms with Crippen molar-refractivity contribution in [3.63, 3.8) is 0 Å². The Morgan fingerprint density at radius 2 is 2.05 bits per heavy atom. The summed E-state index contributed by atoms with van der Waals surface area (Å²) >= 11 is 0. The Hall–Kier alpha value is -3.02. The van der Waals surface area contributed by atoms with E-state index >= 15 is 0 Å². The van der Waals surface area contributed by atoms with E-state index in [4.69, 9.17) is 0 Å². The van der Waals surface area contributed by atoms with Crippen molar-refractivity contribution >= 4 is 11.7 Å². The maximum absolute atomic E-state index is 12.2. The smallest absolute Gasteiger partial charge is 0.256 e. The van der Waals surface area contributed by atoms with E-state index in [1.54, 1.807) is 29.3 Å². The fourth-order valence-corrected chi connectivity index (χ4v) is 2.06. The number of amides is 1. The monoisotopic (exact) mass is 293 g/mol. The molecule has 1 amide bonds. The zero-order valence-corrected chi connectivity index (χ0v) is 12.1. The van der Waals surface area contributed by atoms with Crippen molar-refractivity contribution in [1.29, 1.82) is 0 Å². The van der Waals surface area contributed by atoms with Crippen molar-refractivity contribution in [2.24, 2.45) is 0 Å². The lowest BCUT2D eigenvalue weighted by molar-refractivity contribution is 0.102. The van der Waals surface area contributed by atoms with Gasteiger partial charge in [0, 0.05) is 11.8 Å². The first kappa shape index (κ1) is 13.9. The summed E-state index contributed by atoms with van der Waals surface area (Å²) in [6.45, 7) is 2.53. The van der Waals surface area contributed by atoms with Crippen LogP contribution < -0.4 is 5.32 Å². The first-order chi connectivity index (χ1) is 10.7. The summed E-state index contributed by atoms with van der Waals surface area (Å²) in [5, 5.41) is 6.87. The third-order valence-electron chi connectivity index (χ3n) is 3.27. The average molecular weight is 293 g/mol. The molecule has 0 spiro atoms. The molecule has 0 atom stereocenters. The molecule has 0 aliphatic rings. The summed E-state index contributed by atoms with van der Waals surface area (Å²) < 4.78 is 1.73. The number of carbonyl (C=O) groups is 1. The zero-order chi connectivity index (χ0) is 15.4. The second-order valence-electron chi connectivity index (χ2n) is 4.91. The van der Waals surface area contributed by atoms with E-state index in [0.29, 0.717) is 17.9 Å². The third-order valence-corrected chi connectivity index (χ3v) is 3.27. The fourth-order valence-electron chi connectivity index (χ4n) is 2.06. The lowest BCUT2D eigenvalue weighted by Crippen LogP contribution is -2.14. The number of pyridine rings is 1. The molecule has 0 unspecified atom stereocenters. The highest BCUT2D eigenvalue weighted by atomic mass is 16.1. The molecule has 22 heavy (non-hydrogen) atoms. The normalized spacial score (nSPS) is 10.4. The predicted octanol–water partition coefficient (Wildman–Crippen LogP) is 2.28. The minimum Gasteiger partial charge on any atom is -0.306 e. The molecule has 0 saturated heterocycles. The number of aryl methyl sites for hydroxylation is 1. The van der Waals surface area contributed by atoms with Crippen LogP contribution in [0.15, 0.2) is 55.2 Å². The van der Waals surface area contributed by atoms with Gasteiger partial charge in [-0.3, -0.25) is 4.79 Å². The predicted molar refractivity (Wildman–Crippen MR) is 82.5 cm³/mol. The van der Waals surface area contributed by atoms with E-state index < -0.39 is 0 Å². The van der Waals surface area contributed by atoms with Crippen molar-refractivity contribution in [2.75, 3.05) is 5.32 Å². The maximum atomic E-state index is 12.2. The first-order valence-electron chi connectivity index (χ1n) is 6.87. The van der Waals surface area contributed by atoms with Gasteiger partial charge in [-0.05, 0) is 36.2 Å². The van der Waals surface area contributed by atoms with Crippen molar-refractivity contribution in [1.82, 2.24) is 19.7 Å². The Labute approximate surface area is 127 Å². The SMILES string of the molecule is Cc1cccnc1NC(=O)c1ccc(Cn2cncn2)cc1. The highest BCUT2D eigenvalue weighted by Gasteiger charge is 2.08. The molecule has 0 aliphatic carbocycles. The van der Waals surface area contributed by atoms with E-state index in [9.17, 15) is 4.79 Å². The van der Waals surface area contributed by atoms with E-state index in [1.165, 1.54) is 6.33 Å². The lowest BCUT2D eigenvalue weighted by Gasteiger charge is -2.07. The summed E-state index contributed by atoms with van der Waals surface area (Å²) in [6.07, 6.45) is 4.81. The van der Waals surface area contributed by atoms with Gasteiger partial charge < -0.3 is 5.32 Å². The molecule has 110 valence electrons. The van der Waals surface area contributed by atoms with Crippen LogP contribution in [0.3, 0.4) is 0 Å². The summed E-state index contributed by atoms with van der Waals surface area (Å²) in [5.41, 5.74) is 2.57. The van der Waals surface area contributed by atoms with Crippen LogP contribution in [0.5, 0.6) is 0 Å². The van der Waals surface area contributed by atoms with Gasteiger partial charge in [0.2, 0.25) is 0 Å². The van der Waals surface area contributed by atoms with Crippen molar-refractivity contribution in [3.8, 4) is 0 Å². The molecule has 0 fully saturated rings. The van der Waals surface area contributed by atoms with Crippen molar-refractivity contribution in [2.45, 2.75) is 13.5 Å². The Kier molecular flexibility index (Phi) is 3.91. The van der Waals surface area contributed by atoms with Gasteiger partial charge in [-0.1, -0.05) is 18.2 Å². The van der Waals surface area contributed by atoms with Crippen LogP contribution in [-0.2, 0) is 6.54 Å². The number of anilines is 1. The molecule has 0 radical (unpaired) electrons. The van der Waals surface area contributed by atoms with Gasteiger partial charge in [-0.25, -0.2) is 14.6 Å². The number of carbonyl (C=O) groups excluding carboxylic acids is 1. The number of aromatic nitrogens is 4. The molecule has 0 aliphatic heterocycles. The minimum absolute atomic E-state index is 0.172. The number of nitrogens with zero attached hydrogens (tertiary/aromatic N) is 4. The van der Waals surface area contributed by atoms with Gasteiger partial charge in [-0.15, -0.1) is 0 Å². The highest BCUT2D eigenvalue weighted by molar-refractivity contribution is 6.04. The van der Waals surface area contributed by atoms with E-state index in [2.05, 4.69) is 20.4 Å². The molecule has 6 heteroatoms. The molecule has 2 heterocycles. The topological polar surface area (TPSA) is 72.7 Å². The minimum atomic E-state index is -0.172. The Morgan fingerprint density at radius 1 is 1.23 bits per heavy atom. The van der Waals surface area contributed by atoms with Gasteiger partial charge in [0.05, 0.1) is 6.54 Å². The molecule has 3 rings (SSSR count). The first-order valence-corrected chi connectivity index (χ1v) is 6.87. The van der Waals surface area contributed by atoms with E-state index in [0.717, 1.165) is 11.1 Å². The van der Waals surface area contributed by atoms with Gasteiger partial charge in [-0.2, -0.15) is 5.10 Å². The summed E-state index contributed by atoms with van der Waals surface area (Å²) in [6, 6.07) is 11.1.